The number of hydrogen-bond acceptors (Lipinski definition) is 3. The van der Waals surface area contributed by atoms with Crippen LogP contribution in [0.4, 0.5) is 0 Å². The minimum absolute atomic E-state index is 1.04. The third-order valence-electron chi connectivity index (χ3n) is 2.95. The summed E-state index contributed by atoms with van der Waals surface area (Å²) in [5.74, 6) is 1.29. The molecular weight excluding hydrogens is 230 g/mol. The molecule has 0 spiro atoms. The Morgan fingerprint density at radius 2 is 2.06 bits per heavy atom. The fraction of sp³-hybridized carbons (Fsp3) is 0.846. The summed E-state index contributed by atoms with van der Waals surface area (Å²) in [4.78, 5) is 0. The van der Waals surface area contributed by atoms with E-state index in [4.69, 9.17) is 0 Å². The lowest BCUT2D eigenvalue weighted by atomic mass is 10.1. The molecule has 1 heterocycles. The SMILES string of the molecule is CCCCCn1nncc1CCCCCSC. The highest BCUT2D eigenvalue weighted by atomic mass is 32.2. The topological polar surface area (TPSA) is 30.7 Å². The van der Waals surface area contributed by atoms with Crippen LogP contribution in [0.3, 0.4) is 0 Å². The zero-order chi connectivity index (χ0) is 12.3. The molecule has 0 aliphatic heterocycles. The molecule has 0 atom stereocenters. The van der Waals surface area contributed by atoms with Gasteiger partial charge in [-0.05, 0) is 37.7 Å². The van der Waals surface area contributed by atoms with Crippen molar-refractivity contribution in [3.05, 3.63) is 11.9 Å². The normalized spacial score (nSPS) is 10.9. The van der Waals surface area contributed by atoms with Crippen LogP contribution in [-0.4, -0.2) is 27.0 Å². The first-order valence-electron chi connectivity index (χ1n) is 6.74. The first-order chi connectivity index (χ1) is 8.38. The van der Waals surface area contributed by atoms with Crippen molar-refractivity contribution < 1.29 is 0 Å². The second kappa shape index (κ2) is 9.51. The maximum atomic E-state index is 4.17. The molecule has 0 aromatic carbocycles. The smallest absolute Gasteiger partial charge is 0.0725 e. The molecule has 0 saturated heterocycles. The standard InChI is InChI=1S/C13H25N3S/c1-3-4-7-10-16-13(12-14-15-16)9-6-5-8-11-17-2/h12H,3-11H2,1-2H3. The van der Waals surface area contributed by atoms with Gasteiger partial charge in [0.15, 0.2) is 0 Å². The number of nitrogens with zero attached hydrogens (tertiary/aromatic N) is 3. The highest BCUT2D eigenvalue weighted by Crippen LogP contribution is 2.08. The van der Waals surface area contributed by atoms with Crippen LogP contribution < -0.4 is 0 Å². The van der Waals surface area contributed by atoms with E-state index in [1.807, 2.05) is 18.0 Å². The van der Waals surface area contributed by atoms with Gasteiger partial charge in [0.1, 0.15) is 0 Å². The van der Waals surface area contributed by atoms with Crippen molar-refractivity contribution >= 4 is 11.8 Å². The highest BCUT2D eigenvalue weighted by molar-refractivity contribution is 7.98. The van der Waals surface area contributed by atoms with Gasteiger partial charge in [-0.15, -0.1) is 5.10 Å². The molecule has 0 radical (unpaired) electrons. The monoisotopic (exact) mass is 255 g/mol. The van der Waals surface area contributed by atoms with Crippen LogP contribution in [0.15, 0.2) is 6.20 Å². The fourth-order valence-corrected chi connectivity index (χ4v) is 2.39. The molecule has 4 heteroatoms. The summed E-state index contributed by atoms with van der Waals surface area (Å²) in [6.45, 7) is 3.27. The molecule has 3 nitrogen and oxygen atoms in total. The number of hydrogen-bond donors (Lipinski definition) is 0. The Labute approximate surface area is 109 Å². The molecule has 1 aromatic rings. The Morgan fingerprint density at radius 1 is 1.18 bits per heavy atom. The largest absolute Gasteiger partial charge is 0.249 e. The lowest BCUT2D eigenvalue weighted by molar-refractivity contribution is 0.514. The summed E-state index contributed by atoms with van der Waals surface area (Å²) < 4.78 is 2.09. The molecule has 0 N–H and O–H groups in total. The van der Waals surface area contributed by atoms with Gasteiger partial charge in [-0.25, -0.2) is 4.68 Å². The molecule has 0 unspecified atom stereocenters. The van der Waals surface area contributed by atoms with Gasteiger partial charge >= 0.3 is 0 Å². The average Bonchev–Trinajstić information content (AvgIpc) is 2.77. The number of thioether (sulfide) groups is 1. The molecule has 0 fully saturated rings. The van der Waals surface area contributed by atoms with E-state index in [0.717, 1.165) is 13.0 Å². The Morgan fingerprint density at radius 3 is 2.82 bits per heavy atom. The molecule has 1 aromatic heterocycles. The van der Waals surface area contributed by atoms with Crippen molar-refractivity contribution in [2.45, 2.75) is 58.4 Å². The second-order valence-corrected chi connectivity index (χ2v) is 5.44. The predicted octanol–water partition coefficient (Wildman–Crippen LogP) is 3.54. The van der Waals surface area contributed by atoms with Crippen LogP contribution in [0.2, 0.25) is 0 Å². The van der Waals surface area contributed by atoms with Crippen molar-refractivity contribution in [2.24, 2.45) is 0 Å². The maximum absolute atomic E-state index is 4.17. The maximum Gasteiger partial charge on any atom is 0.0725 e. The van der Waals surface area contributed by atoms with Gasteiger partial charge in [-0.3, -0.25) is 0 Å². The van der Waals surface area contributed by atoms with E-state index in [9.17, 15) is 0 Å². The van der Waals surface area contributed by atoms with E-state index in [2.05, 4.69) is 28.2 Å². The van der Waals surface area contributed by atoms with Crippen LogP contribution >= 0.6 is 11.8 Å². The summed E-state index contributed by atoms with van der Waals surface area (Å²) >= 11 is 1.94. The van der Waals surface area contributed by atoms with E-state index in [1.54, 1.807) is 0 Å². The van der Waals surface area contributed by atoms with Gasteiger partial charge in [0.05, 0.1) is 11.9 Å². The minimum Gasteiger partial charge on any atom is -0.249 e. The summed E-state index contributed by atoms with van der Waals surface area (Å²) in [5, 5.41) is 8.19. The van der Waals surface area contributed by atoms with E-state index in [-0.39, 0.29) is 0 Å². The average molecular weight is 255 g/mol. The van der Waals surface area contributed by atoms with E-state index in [1.165, 1.54) is 50.0 Å². The molecule has 0 aliphatic carbocycles. The molecule has 98 valence electrons. The molecule has 0 amide bonds. The first-order valence-corrected chi connectivity index (χ1v) is 8.14. The Hall–Kier alpha value is -0.510. The number of rotatable bonds is 10. The van der Waals surface area contributed by atoms with Crippen molar-refractivity contribution in [3.63, 3.8) is 0 Å². The van der Waals surface area contributed by atoms with Crippen LogP contribution in [0, 0.1) is 0 Å². The van der Waals surface area contributed by atoms with Gasteiger partial charge < -0.3 is 0 Å². The lowest BCUT2D eigenvalue weighted by Gasteiger charge is -2.05. The van der Waals surface area contributed by atoms with E-state index >= 15 is 0 Å². The molecule has 17 heavy (non-hydrogen) atoms. The first kappa shape index (κ1) is 14.6. The Balaban J connectivity index is 2.20. The zero-order valence-electron chi connectivity index (χ0n) is 11.2. The number of aromatic nitrogens is 3. The summed E-state index contributed by atoms with van der Waals surface area (Å²) in [5.41, 5.74) is 1.31. The van der Waals surface area contributed by atoms with Gasteiger partial charge in [0, 0.05) is 6.54 Å². The van der Waals surface area contributed by atoms with E-state index in [0.29, 0.717) is 0 Å². The molecule has 0 aliphatic rings. The van der Waals surface area contributed by atoms with Crippen molar-refractivity contribution in [2.75, 3.05) is 12.0 Å². The van der Waals surface area contributed by atoms with Crippen LogP contribution in [0.1, 0.15) is 51.1 Å². The molecule has 1 rings (SSSR count). The molecule has 0 saturated carbocycles. The van der Waals surface area contributed by atoms with Crippen LogP contribution in [0.25, 0.3) is 0 Å². The third kappa shape index (κ3) is 6.10. The Kier molecular flexibility index (Phi) is 8.14. The van der Waals surface area contributed by atoms with Crippen LogP contribution in [0.5, 0.6) is 0 Å². The predicted molar refractivity (Wildman–Crippen MR) is 75.5 cm³/mol. The van der Waals surface area contributed by atoms with Crippen LogP contribution in [-0.2, 0) is 13.0 Å². The van der Waals surface area contributed by atoms with Gasteiger partial charge in [-0.2, -0.15) is 11.8 Å². The van der Waals surface area contributed by atoms with Gasteiger partial charge in [0.2, 0.25) is 0 Å². The minimum atomic E-state index is 1.04. The fourth-order valence-electron chi connectivity index (χ4n) is 1.90. The second-order valence-electron chi connectivity index (χ2n) is 4.46. The zero-order valence-corrected chi connectivity index (χ0v) is 12.0. The molecular formula is C13H25N3S. The quantitative estimate of drug-likeness (QED) is 0.599. The van der Waals surface area contributed by atoms with Crippen molar-refractivity contribution in [1.29, 1.82) is 0 Å². The molecule has 0 bridgehead atoms. The van der Waals surface area contributed by atoms with Crippen molar-refractivity contribution in [1.82, 2.24) is 15.0 Å². The summed E-state index contributed by atoms with van der Waals surface area (Å²) in [6.07, 6.45) is 12.9. The highest BCUT2D eigenvalue weighted by Gasteiger charge is 2.03. The van der Waals surface area contributed by atoms with E-state index < -0.39 is 0 Å². The third-order valence-corrected chi connectivity index (χ3v) is 3.65. The lowest BCUT2D eigenvalue weighted by Crippen LogP contribution is -2.05. The summed E-state index contributed by atoms with van der Waals surface area (Å²) in [6, 6.07) is 0. The van der Waals surface area contributed by atoms with Gasteiger partial charge in [-0.1, -0.05) is 31.4 Å². The van der Waals surface area contributed by atoms with Gasteiger partial charge in [0.25, 0.3) is 0 Å². The summed E-state index contributed by atoms with van der Waals surface area (Å²) in [7, 11) is 0. The Bertz CT molecular complexity index is 286. The number of aryl methyl sites for hydroxylation is 2. The van der Waals surface area contributed by atoms with Crippen molar-refractivity contribution in [3.8, 4) is 0 Å². The number of unbranched alkanes of at least 4 members (excludes halogenated alkanes) is 4.